The van der Waals surface area contributed by atoms with Crippen LogP contribution in [0.1, 0.15) is 37.3 Å². The highest BCUT2D eigenvalue weighted by Gasteiger charge is 2.19. The lowest BCUT2D eigenvalue weighted by Gasteiger charge is -2.32. The summed E-state index contributed by atoms with van der Waals surface area (Å²) in [4.78, 5) is 13.5. The van der Waals surface area contributed by atoms with Crippen LogP contribution < -0.4 is 5.32 Å². The van der Waals surface area contributed by atoms with Crippen molar-refractivity contribution in [1.29, 1.82) is 0 Å². The molecule has 1 unspecified atom stereocenters. The Morgan fingerprint density at radius 3 is 3.14 bits per heavy atom. The fourth-order valence-corrected chi connectivity index (χ4v) is 3.06. The van der Waals surface area contributed by atoms with Crippen molar-refractivity contribution >= 4 is 12.0 Å². The molecule has 1 amide bonds. The summed E-state index contributed by atoms with van der Waals surface area (Å²) < 4.78 is 0. The molecule has 0 aliphatic carbocycles. The molecule has 114 valence electrons. The molecule has 0 bridgehead atoms. The van der Waals surface area contributed by atoms with Crippen molar-refractivity contribution < 1.29 is 4.79 Å². The van der Waals surface area contributed by atoms with Crippen molar-refractivity contribution in [3.63, 3.8) is 0 Å². The molecule has 2 rings (SSSR count). The zero-order chi connectivity index (χ0) is 15.1. The molecule has 1 atom stereocenters. The van der Waals surface area contributed by atoms with Crippen LogP contribution in [0.25, 0.3) is 6.08 Å². The van der Waals surface area contributed by atoms with Crippen LogP contribution in [0.2, 0.25) is 0 Å². The molecular weight excluding hydrogens is 260 g/mol. The van der Waals surface area contributed by atoms with Crippen LogP contribution in [-0.2, 0) is 11.3 Å². The van der Waals surface area contributed by atoms with Gasteiger partial charge in [0.1, 0.15) is 0 Å². The number of likely N-dealkylation sites (tertiary alicyclic amines) is 1. The molecular formula is C18H26N2O. The van der Waals surface area contributed by atoms with Gasteiger partial charge in [0.25, 0.3) is 0 Å². The van der Waals surface area contributed by atoms with Crippen LogP contribution in [0, 0.1) is 5.92 Å². The molecule has 0 spiro atoms. The van der Waals surface area contributed by atoms with Gasteiger partial charge in [-0.2, -0.15) is 0 Å². The minimum atomic E-state index is 0.0731. The third kappa shape index (κ3) is 5.35. The van der Waals surface area contributed by atoms with Crippen LogP contribution >= 0.6 is 0 Å². The molecule has 0 radical (unpaired) electrons. The van der Waals surface area contributed by atoms with E-state index < -0.39 is 0 Å². The molecule has 0 saturated carbocycles. The van der Waals surface area contributed by atoms with E-state index in [1.54, 1.807) is 6.92 Å². The normalized spacial score (nSPS) is 19.2. The zero-order valence-corrected chi connectivity index (χ0v) is 13.0. The molecule has 1 saturated heterocycles. The first kappa shape index (κ1) is 15.8. The molecule has 1 aromatic carbocycles. The Morgan fingerprint density at radius 2 is 2.38 bits per heavy atom. The predicted octanol–water partition coefficient (Wildman–Crippen LogP) is 3.07. The van der Waals surface area contributed by atoms with Gasteiger partial charge >= 0.3 is 0 Å². The standard InChI is InChI=1S/C18H26N2O/c1-3-16-6-4-7-18(12-16)14-20-11-5-8-17(13-20)9-10-19-15(2)21/h3-4,6-7,12,17H,1,5,8-11,13-14H2,2H3,(H,19,21). The van der Waals surface area contributed by atoms with E-state index in [-0.39, 0.29) is 5.91 Å². The highest BCUT2D eigenvalue weighted by Crippen LogP contribution is 2.21. The second kappa shape index (κ2) is 7.99. The molecule has 21 heavy (non-hydrogen) atoms. The molecule has 1 aliphatic rings. The number of amides is 1. The van der Waals surface area contributed by atoms with Gasteiger partial charge in [0.05, 0.1) is 0 Å². The second-order valence-corrected chi connectivity index (χ2v) is 5.96. The van der Waals surface area contributed by atoms with Gasteiger partial charge in [-0.15, -0.1) is 0 Å². The van der Waals surface area contributed by atoms with Crippen LogP contribution in [-0.4, -0.2) is 30.4 Å². The van der Waals surface area contributed by atoms with Crippen LogP contribution in [0.3, 0.4) is 0 Å². The Hall–Kier alpha value is -1.61. The summed E-state index contributed by atoms with van der Waals surface area (Å²) in [5.74, 6) is 0.775. The summed E-state index contributed by atoms with van der Waals surface area (Å²) in [6.45, 7) is 9.54. The van der Waals surface area contributed by atoms with Crippen molar-refractivity contribution in [1.82, 2.24) is 10.2 Å². The fourth-order valence-electron chi connectivity index (χ4n) is 3.06. The van der Waals surface area contributed by atoms with E-state index in [1.165, 1.54) is 30.5 Å². The number of hydrogen-bond donors (Lipinski definition) is 1. The van der Waals surface area contributed by atoms with Gasteiger partial charge in [-0.25, -0.2) is 0 Å². The first-order chi connectivity index (χ1) is 10.2. The SMILES string of the molecule is C=Cc1cccc(CN2CCCC(CCNC(C)=O)C2)c1. The van der Waals surface area contributed by atoms with Gasteiger partial charge in [-0.05, 0) is 42.9 Å². The van der Waals surface area contributed by atoms with E-state index in [9.17, 15) is 4.79 Å². The number of hydrogen-bond acceptors (Lipinski definition) is 2. The van der Waals surface area contributed by atoms with E-state index in [0.717, 1.165) is 26.1 Å². The highest BCUT2D eigenvalue weighted by molar-refractivity contribution is 5.72. The molecule has 1 fully saturated rings. The van der Waals surface area contributed by atoms with Gasteiger partial charge in [-0.1, -0.05) is 36.9 Å². The van der Waals surface area contributed by atoms with Crippen LogP contribution in [0.15, 0.2) is 30.8 Å². The second-order valence-electron chi connectivity index (χ2n) is 5.96. The molecule has 3 heteroatoms. The minimum Gasteiger partial charge on any atom is -0.356 e. The summed E-state index contributed by atoms with van der Waals surface area (Å²) >= 11 is 0. The van der Waals surface area contributed by atoms with Gasteiger partial charge in [0, 0.05) is 26.6 Å². The van der Waals surface area contributed by atoms with Gasteiger partial charge in [-0.3, -0.25) is 9.69 Å². The summed E-state index contributed by atoms with van der Waals surface area (Å²) in [6, 6.07) is 8.59. The Labute approximate surface area is 128 Å². The first-order valence-electron chi connectivity index (χ1n) is 7.85. The van der Waals surface area contributed by atoms with Gasteiger partial charge in [0.15, 0.2) is 0 Å². The molecule has 3 nitrogen and oxygen atoms in total. The number of carbonyl (C=O) groups is 1. The van der Waals surface area contributed by atoms with E-state index in [4.69, 9.17) is 0 Å². The van der Waals surface area contributed by atoms with Crippen molar-refractivity contribution in [3.05, 3.63) is 42.0 Å². The quantitative estimate of drug-likeness (QED) is 0.871. The van der Waals surface area contributed by atoms with Crippen LogP contribution in [0.5, 0.6) is 0 Å². The predicted molar refractivity (Wildman–Crippen MR) is 87.8 cm³/mol. The number of carbonyl (C=O) groups excluding carboxylic acids is 1. The summed E-state index contributed by atoms with van der Waals surface area (Å²) in [5.41, 5.74) is 2.54. The number of nitrogens with zero attached hydrogens (tertiary/aromatic N) is 1. The Morgan fingerprint density at radius 1 is 1.52 bits per heavy atom. The average molecular weight is 286 g/mol. The molecule has 1 aromatic rings. The smallest absolute Gasteiger partial charge is 0.216 e. The van der Waals surface area contributed by atoms with Crippen molar-refractivity contribution in [2.45, 2.75) is 32.7 Å². The zero-order valence-electron chi connectivity index (χ0n) is 13.0. The average Bonchev–Trinajstić information content (AvgIpc) is 2.47. The lowest BCUT2D eigenvalue weighted by molar-refractivity contribution is -0.119. The maximum absolute atomic E-state index is 10.9. The fraction of sp³-hybridized carbons (Fsp3) is 0.500. The van der Waals surface area contributed by atoms with Crippen LogP contribution in [0.4, 0.5) is 0 Å². The highest BCUT2D eigenvalue weighted by atomic mass is 16.1. The summed E-state index contributed by atoms with van der Waals surface area (Å²) in [7, 11) is 0. The van der Waals surface area contributed by atoms with E-state index in [0.29, 0.717) is 5.92 Å². The summed E-state index contributed by atoms with van der Waals surface area (Å²) in [5, 5.41) is 2.90. The Bertz CT molecular complexity index is 484. The van der Waals surface area contributed by atoms with E-state index >= 15 is 0 Å². The van der Waals surface area contributed by atoms with E-state index in [1.807, 2.05) is 6.08 Å². The number of rotatable bonds is 6. The van der Waals surface area contributed by atoms with Gasteiger partial charge < -0.3 is 5.32 Å². The van der Waals surface area contributed by atoms with Gasteiger partial charge in [0.2, 0.25) is 5.91 Å². The molecule has 1 heterocycles. The van der Waals surface area contributed by atoms with E-state index in [2.05, 4.69) is 41.1 Å². The Balaban J connectivity index is 1.83. The molecule has 1 N–H and O–H groups in total. The summed E-state index contributed by atoms with van der Waals surface area (Å²) in [6.07, 6.45) is 5.52. The third-order valence-corrected chi connectivity index (χ3v) is 4.12. The third-order valence-electron chi connectivity index (χ3n) is 4.12. The van der Waals surface area contributed by atoms with Crippen molar-refractivity contribution in [3.8, 4) is 0 Å². The van der Waals surface area contributed by atoms with Crippen molar-refractivity contribution in [2.75, 3.05) is 19.6 Å². The maximum atomic E-state index is 10.9. The number of piperidine rings is 1. The lowest BCUT2D eigenvalue weighted by atomic mass is 9.94. The van der Waals surface area contributed by atoms with Crippen molar-refractivity contribution in [2.24, 2.45) is 5.92 Å². The topological polar surface area (TPSA) is 32.3 Å². The first-order valence-corrected chi connectivity index (χ1v) is 7.85. The Kier molecular flexibility index (Phi) is 6.00. The molecule has 1 aliphatic heterocycles. The lowest BCUT2D eigenvalue weighted by Crippen LogP contribution is -2.36. The number of nitrogens with one attached hydrogen (secondary N) is 1. The maximum Gasteiger partial charge on any atom is 0.216 e. The monoisotopic (exact) mass is 286 g/mol. The number of benzene rings is 1. The molecule has 0 aromatic heterocycles. The largest absolute Gasteiger partial charge is 0.356 e. The minimum absolute atomic E-state index is 0.0731.